The zero-order valence-corrected chi connectivity index (χ0v) is 24.5. The van der Waals surface area contributed by atoms with Crippen LogP contribution in [0.1, 0.15) is 34.3 Å². The molecular formula is C31H33Cl2NO7. The van der Waals surface area contributed by atoms with E-state index in [1.165, 1.54) is 13.2 Å². The minimum Gasteiger partial charge on any atom is -0.497 e. The van der Waals surface area contributed by atoms with Crippen molar-refractivity contribution in [3.8, 4) is 23.0 Å². The van der Waals surface area contributed by atoms with E-state index in [9.17, 15) is 9.90 Å². The van der Waals surface area contributed by atoms with Crippen molar-refractivity contribution in [3.63, 3.8) is 0 Å². The molecule has 8 nitrogen and oxygen atoms in total. The van der Waals surface area contributed by atoms with Crippen LogP contribution >= 0.6 is 23.2 Å². The fourth-order valence-corrected chi connectivity index (χ4v) is 5.69. The molecule has 3 aromatic rings. The lowest BCUT2D eigenvalue weighted by Gasteiger charge is -2.39. The first-order chi connectivity index (χ1) is 19.8. The molecular weight excluding hydrogens is 569 g/mol. The van der Waals surface area contributed by atoms with Gasteiger partial charge in [-0.3, -0.25) is 0 Å². The maximum atomic E-state index is 12.4. The molecule has 5 rings (SSSR count). The van der Waals surface area contributed by atoms with Gasteiger partial charge in [0, 0.05) is 50.0 Å². The van der Waals surface area contributed by atoms with E-state index in [0.29, 0.717) is 12.3 Å². The van der Waals surface area contributed by atoms with Crippen LogP contribution in [0.4, 0.5) is 0 Å². The number of aliphatic hydroxyl groups excluding tert-OH is 1. The van der Waals surface area contributed by atoms with Crippen LogP contribution in [0.25, 0.3) is 0 Å². The molecule has 1 fully saturated rings. The minimum absolute atomic E-state index is 0.0222. The van der Waals surface area contributed by atoms with Crippen LogP contribution in [-0.2, 0) is 17.8 Å². The van der Waals surface area contributed by atoms with Crippen molar-refractivity contribution in [2.45, 2.75) is 37.6 Å². The Morgan fingerprint density at radius 3 is 2.49 bits per heavy atom. The lowest BCUT2D eigenvalue weighted by Crippen LogP contribution is -2.49. The Bertz CT molecular complexity index is 1370. The van der Waals surface area contributed by atoms with Gasteiger partial charge in [-0.25, -0.2) is 4.79 Å². The van der Waals surface area contributed by atoms with Gasteiger partial charge in [0.15, 0.2) is 0 Å². The Balaban J connectivity index is 1.17. The first-order valence-electron chi connectivity index (χ1n) is 13.5. The second-order valence-electron chi connectivity index (χ2n) is 10.4. The number of halogens is 2. The first kappa shape index (κ1) is 29.3. The lowest BCUT2D eigenvalue weighted by atomic mass is 9.87. The van der Waals surface area contributed by atoms with E-state index in [2.05, 4.69) is 4.90 Å². The zero-order valence-electron chi connectivity index (χ0n) is 23.0. The van der Waals surface area contributed by atoms with Crippen molar-refractivity contribution in [1.29, 1.82) is 0 Å². The fraction of sp³-hybridized carbons (Fsp3) is 0.387. The summed E-state index contributed by atoms with van der Waals surface area (Å²) < 4.78 is 28.3. The van der Waals surface area contributed by atoms with E-state index < -0.39 is 12.1 Å². The number of hydrogen-bond acceptors (Lipinski definition) is 8. The van der Waals surface area contributed by atoms with E-state index >= 15 is 0 Å². The highest BCUT2D eigenvalue weighted by Crippen LogP contribution is 2.42. The van der Waals surface area contributed by atoms with Crippen molar-refractivity contribution >= 4 is 29.2 Å². The van der Waals surface area contributed by atoms with E-state index in [-0.39, 0.29) is 35.2 Å². The molecule has 1 saturated heterocycles. The van der Waals surface area contributed by atoms with Crippen LogP contribution < -0.4 is 18.9 Å². The van der Waals surface area contributed by atoms with Gasteiger partial charge in [0.1, 0.15) is 53.5 Å². The molecule has 218 valence electrons. The summed E-state index contributed by atoms with van der Waals surface area (Å²) in [6, 6.07) is 16.2. The second kappa shape index (κ2) is 12.8. The molecule has 0 aromatic heterocycles. The molecule has 10 heteroatoms. The van der Waals surface area contributed by atoms with Crippen LogP contribution in [0, 0.1) is 0 Å². The van der Waals surface area contributed by atoms with Crippen LogP contribution in [0.2, 0.25) is 10.0 Å². The predicted octanol–water partition coefficient (Wildman–Crippen LogP) is 5.58. The molecule has 0 amide bonds. The van der Waals surface area contributed by atoms with Gasteiger partial charge < -0.3 is 33.7 Å². The Labute approximate surface area is 249 Å². The summed E-state index contributed by atoms with van der Waals surface area (Å²) in [4.78, 5) is 14.6. The van der Waals surface area contributed by atoms with Gasteiger partial charge >= 0.3 is 5.97 Å². The highest BCUT2D eigenvalue weighted by Gasteiger charge is 2.42. The summed E-state index contributed by atoms with van der Waals surface area (Å²) in [5.74, 6) is 1.62. The van der Waals surface area contributed by atoms with Gasteiger partial charge in [0.2, 0.25) is 0 Å². The number of methoxy groups -OCH3 is 2. The number of aliphatic hydroxyl groups is 1. The highest BCUT2D eigenvalue weighted by atomic mass is 35.5. The number of fused-ring (bicyclic) bond motifs is 1. The second-order valence-corrected chi connectivity index (χ2v) is 11.2. The maximum absolute atomic E-state index is 12.4. The molecule has 2 aliphatic heterocycles. The van der Waals surface area contributed by atoms with Crippen molar-refractivity contribution in [1.82, 2.24) is 4.90 Å². The molecule has 0 saturated carbocycles. The molecule has 2 aliphatic rings. The van der Waals surface area contributed by atoms with Gasteiger partial charge in [0.05, 0.1) is 19.2 Å². The average Bonchev–Trinajstić information content (AvgIpc) is 3.33. The van der Waals surface area contributed by atoms with E-state index in [0.717, 1.165) is 60.0 Å². The van der Waals surface area contributed by atoms with Gasteiger partial charge in [0.25, 0.3) is 0 Å². The molecule has 3 aromatic carbocycles. The van der Waals surface area contributed by atoms with E-state index in [1.54, 1.807) is 13.2 Å². The van der Waals surface area contributed by atoms with Crippen LogP contribution in [-0.4, -0.2) is 68.1 Å². The van der Waals surface area contributed by atoms with Crippen LogP contribution in [0.3, 0.4) is 0 Å². The van der Waals surface area contributed by atoms with Crippen molar-refractivity contribution in [2.24, 2.45) is 0 Å². The Kier molecular flexibility index (Phi) is 9.14. The molecule has 0 bridgehead atoms. The number of carbonyl (C=O) groups is 1. The number of hydrogen-bond donors (Lipinski definition) is 1. The van der Waals surface area contributed by atoms with Gasteiger partial charge in [-0.1, -0.05) is 35.3 Å². The van der Waals surface area contributed by atoms with E-state index in [4.69, 9.17) is 46.9 Å². The molecule has 1 N–H and O–H groups in total. The highest BCUT2D eigenvalue weighted by molar-refractivity contribution is 6.32. The number of ether oxygens (including phenoxy) is 5. The number of esters is 1. The number of β-amino-alcohol motifs (C(OH)–C–C–N with tert-alkyl or cyclic N) is 1. The number of likely N-dealkylation sites (tertiary alicyclic amines) is 1. The normalized spacial score (nSPS) is 16.5. The van der Waals surface area contributed by atoms with Crippen molar-refractivity contribution in [3.05, 3.63) is 81.3 Å². The third kappa shape index (κ3) is 7.01. The summed E-state index contributed by atoms with van der Waals surface area (Å²) in [6.45, 7) is 2.23. The monoisotopic (exact) mass is 601 g/mol. The lowest BCUT2D eigenvalue weighted by molar-refractivity contribution is -0.00205. The molecule has 41 heavy (non-hydrogen) atoms. The van der Waals surface area contributed by atoms with Crippen molar-refractivity contribution in [2.75, 3.05) is 40.5 Å². The number of benzene rings is 3. The number of rotatable bonds is 10. The van der Waals surface area contributed by atoms with Crippen LogP contribution in [0.5, 0.6) is 23.0 Å². The number of carbonyl (C=O) groups excluding carboxylic acids is 1. The molecule has 1 atom stereocenters. The SMILES string of the molecule is COC(=O)c1cc(Cl)c(OCc2ccc(OC)cc2)cc1OC[C@H](O)CN1CCC2(CC1)Cc1cc(Cl)ccc1O2. The molecule has 2 heterocycles. The first-order valence-corrected chi connectivity index (χ1v) is 14.2. The molecule has 0 radical (unpaired) electrons. The van der Waals surface area contributed by atoms with E-state index in [1.807, 2.05) is 42.5 Å². The summed E-state index contributed by atoms with van der Waals surface area (Å²) in [5, 5.41) is 11.8. The van der Waals surface area contributed by atoms with Gasteiger partial charge in [-0.15, -0.1) is 0 Å². The topological polar surface area (TPSA) is 86.7 Å². The Hall–Kier alpha value is -3.17. The molecule has 0 unspecified atom stereocenters. The standard InChI is InChI=1S/C31H33Cl2NO7/c1-37-24-6-3-20(4-7-24)18-39-29-15-28(25(14-26(29)33)30(36)38-2)40-19-23(35)17-34-11-9-31(10-12-34)16-21-13-22(32)5-8-27(21)41-31/h3-8,13-15,23,35H,9-12,16-19H2,1-2H3/t23-/m1/s1. The van der Waals surface area contributed by atoms with Gasteiger partial charge in [-0.05, 0) is 47.5 Å². The Morgan fingerprint density at radius 2 is 1.78 bits per heavy atom. The summed E-state index contributed by atoms with van der Waals surface area (Å²) in [6.07, 6.45) is 1.77. The largest absolute Gasteiger partial charge is 0.497 e. The number of nitrogens with zero attached hydrogens (tertiary/aromatic N) is 1. The number of piperidine rings is 1. The average molecular weight is 603 g/mol. The zero-order chi connectivity index (χ0) is 29.0. The fourth-order valence-electron chi connectivity index (χ4n) is 5.28. The minimum atomic E-state index is -0.783. The predicted molar refractivity (Wildman–Crippen MR) is 156 cm³/mol. The quantitative estimate of drug-likeness (QED) is 0.301. The maximum Gasteiger partial charge on any atom is 0.341 e. The van der Waals surface area contributed by atoms with Crippen LogP contribution in [0.15, 0.2) is 54.6 Å². The summed E-state index contributed by atoms with van der Waals surface area (Å²) in [5.41, 5.74) is 2.00. The molecule has 0 aliphatic carbocycles. The molecule has 1 spiro atoms. The van der Waals surface area contributed by atoms with Gasteiger partial charge in [-0.2, -0.15) is 0 Å². The van der Waals surface area contributed by atoms with Crippen molar-refractivity contribution < 1.29 is 33.6 Å². The third-order valence-corrected chi connectivity index (χ3v) is 8.05. The Morgan fingerprint density at radius 1 is 1.02 bits per heavy atom. The smallest absolute Gasteiger partial charge is 0.341 e. The summed E-state index contributed by atoms with van der Waals surface area (Å²) in [7, 11) is 2.89. The summed E-state index contributed by atoms with van der Waals surface area (Å²) >= 11 is 12.6. The third-order valence-electron chi connectivity index (χ3n) is 7.52.